The fourth-order valence-electron chi connectivity index (χ4n) is 3.16. The quantitative estimate of drug-likeness (QED) is 0.430. The molecule has 2 saturated heterocycles. The molecule has 0 amide bonds. The van der Waals surface area contributed by atoms with Gasteiger partial charge in [-0.2, -0.15) is 0 Å². The Balaban J connectivity index is 1.64. The number of nitrogens with zero attached hydrogens (tertiary/aromatic N) is 3. The first-order chi connectivity index (χ1) is 11.2. The van der Waals surface area contributed by atoms with Gasteiger partial charge in [-0.25, -0.2) is 0 Å². The summed E-state index contributed by atoms with van der Waals surface area (Å²) >= 11 is 0. The summed E-state index contributed by atoms with van der Waals surface area (Å²) in [5.41, 5.74) is 0. The molecule has 0 bridgehead atoms. The molecule has 23 heavy (non-hydrogen) atoms. The van der Waals surface area contributed by atoms with E-state index in [4.69, 9.17) is 9.47 Å². The molecule has 2 fully saturated rings. The number of nitrogens with one attached hydrogen (secondary N) is 1. The predicted octanol–water partition coefficient (Wildman–Crippen LogP) is 1.03. The summed E-state index contributed by atoms with van der Waals surface area (Å²) in [4.78, 5) is 9.36. The lowest BCUT2D eigenvalue weighted by atomic mass is 10.1. The minimum atomic E-state index is 0.639. The first-order valence-electron chi connectivity index (χ1n) is 9.06. The molecule has 0 aromatic carbocycles. The van der Waals surface area contributed by atoms with Gasteiger partial charge in [-0.15, -0.1) is 0 Å². The third kappa shape index (κ3) is 6.28. The van der Waals surface area contributed by atoms with Crippen molar-refractivity contribution in [1.82, 2.24) is 15.1 Å². The van der Waals surface area contributed by atoms with Crippen LogP contribution in [-0.4, -0.2) is 88.0 Å². The largest absolute Gasteiger partial charge is 0.380 e. The zero-order chi connectivity index (χ0) is 16.5. The summed E-state index contributed by atoms with van der Waals surface area (Å²) in [6.07, 6.45) is 2.34. The Kier molecular flexibility index (Phi) is 8.12. The van der Waals surface area contributed by atoms with Crippen molar-refractivity contribution in [2.45, 2.75) is 32.7 Å². The average molecular weight is 326 g/mol. The number of hydrogen-bond donors (Lipinski definition) is 1. The van der Waals surface area contributed by atoms with Gasteiger partial charge in [-0.1, -0.05) is 13.8 Å². The van der Waals surface area contributed by atoms with Gasteiger partial charge in [0.2, 0.25) is 0 Å². The number of hydrogen-bond acceptors (Lipinski definition) is 4. The number of guanidine groups is 1. The summed E-state index contributed by atoms with van der Waals surface area (Å²) in [7, 11) is 1.87. The fraction of sp³-hybridized carbons (Fsp3) is 0.941. The number of morpholine rings is 1. The van der Waals surface area contributed by atoms with E-state index < -0.39 is 0 Å². The highest BCUT2D eigenvalue weighted by molar-refractivity contribution is 5.80. The van der Waals surface area contributed by atoms with Crippen molar-refractivity contribution < 1.29 is 9.47 Å². The maximum absolute atomic E-state index is 5.66. The fourth-order valence-corrected chi connectivity index (χ4v) is 3.16. The monoisotopic (exact) mass is 326 g/mol. The molecule has 0 aliphatic carbocycles. The Labute approximate surface area is 141 Å². The van der Waals surface area contributed by atoms with Gasteiger partial charge in [-0.3, -0.25) is 9.89 Å². The molecule has 1 atom stereocenters. The van der Waals surface area contributed by atoms with Gasteiger partial charge in [0.25, 0.3) is 0 Å². The Morgan fingerprint density at radius 1 is 1.26 bits per heavy atom. The van der Waals surface area contributed by atoms with Crippen LogP contribution in [0.15, 0.2) is 4.99 Å². The van der Waals surface area contributed by atoms with Gasteiger partial charge in [0.15, 0.2) is 5.96 Å². The molecule has 1 unspecified atom stereocenters. The number of aliphatic imine (C=N–C) groups is 1. The maximum Gasteiger partial charge on any atom is 0.193 e. The second kappa shape index (κ2) is 10.1. The minimum absolute atomic E-state index is 0.639. The lowest BCUT2D eigenvalue weighted by Crippen LogP contribution is -2.47. The van der Waals surface area contributed by atoms with Crippen LogP contribution in [0.5, 0.6) is 0 Å². The molecule has 2 heterocycles. The molecule has 1 N–H and O–H groups in total. The standard InChI is InChI=1S/C17H34N4O2/c1-15(2)5-10-22-11-6-19-17(18-3)21-7-4-16(14-21)20-8-12-23-13-9-20/h15-16H,4-14H2,1-3H3,(H,18,19). The van der Waals surface area contributed by atoms with Gasteiger partial charge < -0.3 is 19.7 Å². The van der Waals surface area contributed by atoms with Crippen LogP contribution in [0.4, 0.5) is 0 Å². The van der Waals surface area contributed by atoms with Gasteiger partial charge in [0.05, 0.1) is 19.8 Å². The first kappa shape index (κ1) is 18.5. The molecular weight excluding hydrogens is 292 g/mol. The summed E-state index contributed by atoms with van der Waals surface area (Å²) in [5.74, 6) is 1.71. The number of likely N-dealkylation sites (tertiary alicyclic amines) is 1. The van der Waals surface area contributed by atoms with E-state index in [1.165, 1.54) is 6.42 Å². The van der Waals surface area contributed by atoms with E-state index in [9.17, 15) is 0 Å². The lowest BCUT2D eigenvalue weighted by molar-refractivity contribution is 0.0194. The van der Waals surface area contributed by atoms with Gasteiger partial charge in [0.1, 0.15) is 0 Å². The highest BCUT2D eigenvalue weighted by Crippen LogP contribution is 2.16. The zero-order valence-electron chi connectivity index (χ0n) is 15.1. The van der Waals surface area contributed by atoms with Crippen LogP contribution in [-0.2, 0) is 9.47 Å². The summed E-state index contributed by atoms with van der Waals surface area (Å²) < 4.78 is 11.1. The Morgan fingerprint density at radius 2 is 2.04 bits per heavy atom. The lowest BCUT2D eigenvalue weighted by Gasteiger charge is -2.32. The van der Waals surface area contributed by atoms with E-state index >= 15 is 0 Å². The van der Waals surface area contributed by atoms with Crippen LogP contribution in [0.2, 0.25) is 0 Å². The smallest absolute Gasteiger partial charge is 0.193 e. The van der Waals surface area contributed by atoms with E-state index in [2.05, 4.69) is 34.0 Å². The van der Waals surface area contributed by atoms with Crippen LogP contribution >= 0.6 is 0 Å². The van der Waals surface area contributed by atoms with Crippen molar-refractivity contribution in [3.63, 3.8) is 0 Å². The molecule has 2 aliphatic rings. The molecule has 0 saturated carbocycles. The van der Waals surface area contributed by atoms with Crippen LogP contribution in [0, 0.1) is 5.92 Å². The second-order valence-electron chi connectivity index (χ2n) is 6.81. The topological polar surface area (TPSA) is 49.3 Å². The van der Waals surface area contributed by atoms with Crippen LogP contribution in [0.25, 0.3) is 0 Å². The van der Waals surface area contributed by atoms with E-state index in [0.29, 0.717) is 12.0 Å². The number of ether oxygens (including phenoxy) is 2. The molecule has 134 valence electrons. The zero-order valence-corrected chi connectivity index (χ0v) is 15.1. The molecule has 0 aromatic heterocycles. The van der Waals surface area contributed by atoms with Gasteiger partial charge >= 0.3 is 0 Å². The van der Waals surface area contributed by atoms with Crippen molar-refractivity contribution in [3.05, 3.63) is 0 Å². The first-order valence-corrected chi connectivity index (χ1v) is 9.06. The average Bonchev–Trinajstić information content (AvgIpc) is 3.04. The van der Waals surface area contributed by atoms with Crippen molar-refractivity contribution in [2.24, 2.45) is 10.9 Å². The number of rotatable bonds is 7. The second-order valence-corrected chi connectivity index (χ2v) is 6.81. The molecule has 0 radical (unpaired) electrons. The van der Waals surface area contributed by atoms with Crippen LogP contribution in [0.3, 0.4) is 0 Å². The van der Waals surface area contributed by atoms with Crippen LogP contribution < -0.4 is 5.32 Å². The third-order valence-electron chi connectivity index (χ3n) is 4.61. The highest BCUT2D eigenvalue weighted by atomic mass is 16.5. The molecule has 2 aliphatic heterocycles. The third-order valence-corrected chi connectivity index (χ3v) is 4.61. The molecule has 2 rings (SSSR count). The van der Waals surface area contributed by atoms with E-state index in [-0.39, 0.29) is 0 Å². The molecular formula is C17H34N4O2. The highest BCUT2D eigenvalue weighted by Gasteiger charge is 2.30. The predicted molar refractivity (Wildman–Crippen MR) is 94.0 cm³/mol. The summed E-state index contributed by atoms with van der Waals surface area (Å²) in [6.45, 7) is 12.9. The molecule has 6 nitrogen and oxygen atoms in total. The maximum atomic E-state index is 5.66. The van der Waals surface area contributed by atoms with E-state index in [1.807, 2.05) is 7.05 Å². The van der Waals surface area contributed by atoms with Crippen molar-refractivity contribution in [3.8, 4) is 0 Å². The Hall–Kier alpha value is -0.850. The molecule has 6 heteroatoms. The normalized spacial score (nSPS) is 23.7. The summed E-state index contributed by atoms with van der Waals surface area (Å²) in [6, 6.07) is 0.639. The Morgan fingerprint density at radius 3 is 2.74 bits per heavy atom. The van der Waals surface area contributed by atoms with E-state index in [1.54, 1.807) is 0 Å². The SMILES string of the molecule is CN=C(NCCOCCC(C)C)N1CCC(N2CCOCC2)C1. The van der Waals surface area contributed by atoms with E-state index in [0.717, 1.165) is 71.5 Å². The van der Waals surface area contributed by atoms with Crippen LogP contribution in [0.1, 0.15) is 26.7 Å². The molecule has 0 aromatic rings. The van der Waals surface area contributed by atoms with Crippen molar-refractivity contribution >= 4 is 5.96 Å². The molecule has 0 spiro atoms. The van der Waals surface area contributed by atoms with Gasteiger partial charge in [-0.05, 0) is 18.8 Å². The summed E-state index contributed by atoms with van der Waals surface area (Å²) in [5, 5.41) is 3.43. The van der Waals surface area contributed by atoms with Gasteiger partial charge in [0, 0.05) is 52.4 Å². The van der Waals surface area contributed by atoms with Crippen molar-refractivity contribution in [1.29, 1.82) is 0 Å². The van der Waals surface area contributed by atoms with Crippen molar-refractivity contribution in [2.75, 3.05) is 66.2 Å². The Bertz CT molecular complexity index is 357. The minimum Gasteiger partial charge on any atom is -0.380 e.